The number of likely N-dealkylation sites (N-methyl/N-ethyl adjacent to an activating group) is 1. The molecule has 0 N–H and O–H groups in total. The minimum absolute atomic E-state index is 0.452. The predicted molar refractivity (Wildman–Crippen MR) is 87.4 cm³/mol. The molecule has 0 bridgehead atoms. The molecule has 23 heavy (non-hydrogen) atoms. The van der Waals surface area contributed by atoms with Gasteiger partial charge in [-0.3, -0.25) is 14.4 Å². The van der Waals surface area contributed by atoms with E-state index in [1.807, 2.05) is 0 Å². The molecule has 2 rings (SSSR count). The van der Waals surface area contributed by atoms with E-state index in [-0.39, 0.29) is 0 Å². The Morgan fingerprint density at radius 3 is 2.26 bits per heavy atom. The highest BCUT2D eigenvalue weighted by molar-refractivity contribution is 6.30. The molecule has 0 unspecified atom stereocenters. The number of rotatable bonds is 4. The molecule has 7 heteroatoms. The fraction of sp³-hybridized carbons (Fsp3) is 0.250. The first kappa shape index (κ1) is 16.9. The lowest BCUT2D eigenvalue weighted by Gasteiger charge is -2.19. The Labute approximate surface area is 138 Å². The van der Waals surface area contributed by atoms with Gasteiger partial charge in [0.1, 0.15) is 0 Å². The van der Waals surface area contributed by atoms with Crippen LogP contribution in [0.15, 0.2) is 41.2 Å². The van der Waals surface area contributed by atoms with Gasteiger partial charge >= 0.3 is 0 Å². The molecule has 0 saturated heterocycles. The number of carbonyl (C=O) groups is 2. The maximum Gasteiger partial charge on any atom is 0.267 e. The van der Waals surface area contributed by atoms with Crippen LogP contribution < -0.4 is 5.56 Å². The second kappa shape index (κ2) is 6.75. The zero-order valence-corrected chi connectivity index (χ0v) is 13.7. The number of halogens is 1. The summed E-state index contributed by atoms with van der Waals surface area (Å²) in [7, 11) is 3.04. The molecule has 0 aliphatic heterocycles. The zero-order chi connectivity index (χ0) is 17.1. The third-order valence-corrected chi connectivity index (χ3v) is 3.52. The van der Waals surface area contributed by atoms with Crippen LogP contribution in [0.3, 0.4) is 0 Å². The summed E-state index contributed by atoms with van der Waals surface area (Å²) in [5.41, 5.74) is 0.681. The summed E-state index contributed by atoms with van der Waals surface area (Å²) in [5.74, 6) is -0.952. The topological polar surface area (TPSA) is 72.3 Å². The molecule has 0 aliphatic carbocycles. The Kier molecular flexibility index (Phi) is 4.95. The number of ketones is 1. The maximum absolute atomic E-state index is 12.2. The highest BCUT2D eigenvalue weighted by Crippen LogP contribution is 2.19. The number of Topliss-reactive ketones (excluding diaryl/α,β-unsaturated/α-hetero) is 1. The van der Waals surface area contributed by atoms with Crippen molar-refractivity contribution in [2.75, 3.05) is 14.1 Å². The van der Waals surface area contributed by atoms with Crippen molar-refractivity contribution in [1.29, 1.82) is 0 Å². The average Bonchev–Trinajstić information content (AvgIpc) is 2.49. The van der Waals surface area contributed by atoms with E-state index in [2.05, 4.69) is 5.10 Å². The number of hydrogen-bond acceptors (Lipinski definition) is 4. The summed E-state index contributed by atoms with van der Waals surface area (Å²) in [4.78, 5) is 37.4. The summed E-state index contributed by atoms with van der Waals surface area (Å²) in [5, 5.41) is 4.77. The lowest BCUT2D eigenvalue weighted by atomic mass is 10.1. The molecule has 2 aromatic rings. The Bertz CT molecular complexity index is 797. The summed E-state index contributed by atoms with van der Waals surface area (Å²) < 4.78 is 0.925. The Morgan fingerprint density at radius 2 is 1.74 bits per heavy atom. The molecule has 0 fully saturated rings. The minimum atomic E-state index is -1.27. The lowest BCUT2D eigenvalue weighted by Crippen LogP contribution is -2.41. The monoisotopic (exact) mass is 333 g/mol. The second-order valence-electron chi connectivity index (χ2n) is 5.25. The molecule has 6 nitrogen and oxygen atoms in total. The lowest BCUT2D eigenvalue weighted by molar-refractivity contribution is -0.138. The molecular weight excluding hydrogens is 318 g/mol. The fourth-order valence-corrected chi connectivity index (χ4v) is 2.21. The van der Waals surface area contributed by atoms with Crippen molar-refractivity contribution in [2.24, 2.45) is 0 Å². The van der Waals surface area contributed by atoms with Gasteiger partial charge < -0.3 is 4.90 Å². The summed E-state index contributed by atoms with van der Waals surface area (Å²) >= 11 is 5.85. The molecular formula is C16H16ClN3O3. The van der Waals surface area contributed by atoms with Crippen molar-refractivity contribution in [3.05, 3.63) is 51.8 Å². The number of aromatic nitrogens is 2. The molecule has 0 aliphatic rings. The quantitative estimate of drug-likeness (QED) is 0.800. The largest absolute Gasteiger partial charge is 0.347 e. The van der Waals surface area contributed by atoms with Crippen LogP contribution in [0.1, 0.15) is 13.0 Å². The first-order valence-corrected chi connectivity index (χ1v) is 7.26. The van der Waals surface area contributed by atoms with E-state index in [9.17, 15) is 14.4 Å². The fourth-order valence-electron chi connectivity index (χ4n) is 2.08. The summed E-state index contributed by atoms with van der Waals surface area (Å²) in [6, 6.07) is 8.44. The van der Waals surface area contributed by atoms with Crippen LogP contribution in [0.4, 0.5) is 0 Å². The van der Waals surface area contributed by atoms with Gasteiger partial charge in [0.25, 0.3) is 11.5 Å². The van der Waals surface area contributed by atoms with Crippen molar-refractivity contribution in [2.45, 2.75) is 13.0 Å². The molecule has 0 spiro atoms. The van der Waals surface area contributed by atoms with Crippen molar-refractivity contribution in [1.82, 2.24) is 14.7 Å². The van der Waals surface area contributed by atoms with Crippen LogP contribution in [0, 0.1) is 0 Å². The van der Waals surface area contributed by atoms with Crippen LogP contribution in [0.25, 0.3) is 11.3 Å². The third kappa shape index (κ3) is 3.65. The van der Waals surface area contributed by atoms with E-state index in [4.69, 9.17) is 11.6 Å². The number of amides is 1. The maximum atomic E-state index is 12.2. The Hall–Kier alpha value is -2.47. The van der Waals surface area contributed by atoms with E-state index in [1.54, 1.807) is 30.3 Å². The van der Waals surface area contributed by atoms with Crippen molar-refractivity contribution in [3.8, 4) is 11.3 Å². The molecule has 1 heterocycles. The molecule has 1 amide bonds. The standard InChI is InChI=1S/C16H16ClN3O3/c1-10(21)15(16(23)19(2)3)20-14(22)9-8-13(18-20)11-4-6-12(17)7-5-11/h4-9,15H,1-3H3/t15-/m0/s1. The van der Waals surface area contributed by atoms with Gasteiger partial charge in [-0.25, -0.2) is 4.68 Å². The average molecular weight is 334 g/mol. The number of benzene rings is 1. The van der Waals surface area contributed by atoms with Crippen LogP contribution in [-0.4, -0.2) is 40.5 Å². The van der Waals surface area contributed by atoms with Crippen LogP contribution in [0.2, 0.25) is 5.02 Å². The number of carbonyl (C=O) groups excluding carboxylic acids is 2. The molecule has 1 atom stereocenters. The van der Waals surface area contributed by atoms with Crippen molar-refractivity contribution in [3.63, 3.8) is 0 Å². The van der Waals surface area contributed by atoms with Crippen LogP contribution in [0.5, 0.6) is 0 Å². The highest BCUT2D eigenvalue weighted by atomic mass is 35.5. The second-order valence-corrected chi connectivity index (χ2v) is 5.69. The number of nitrogens with zero attached hydrogens (tertiary/aromatic N) is 3. The highest BCUT2D eigenvalue weighted by Gasteiger charge is 2.29. The van der Waals surface area contributed by atoms with E-state index < -0.39 is 23.3 Å². The predicted octanol–water partition coefficient (Wildman–Crippen LogP) is 1.78. The minimum Gasteiger partial charge on any atom is -0.347 e. The van der Waals surface area contributed by atoms with E-state index in [0.717, 1.165) is 10.2 Å². The molecule has 0 radical (unpaired) electrons. The van der Waals surface area contributed by atoms with Gasteiger partial charge in [0.15, 0.2) is 11.8 Å². The van der Waals surface area contributed by atoms with Gasteiger partial charge in [-0.2, -0.15) is 5.10 Å². The summed E-state index contributed by atoms with van der Waals surface area (Å²) in [6.07, 6.45) is 0. The molecule has 0 saturated carbocycles. The van der Waals surface area contributed by atoms with Gasteiger partial charge in [0, 0.05) is 30.7 Å². The molecule has 120 valence electrons. The van der Waals surface area contributed by atoms with Crippen molar-refractivity contribution >= 4 is 23.3 Å². The third-order valence-electron chi connectivity index (χ3n) is 3.27. The van der Waals surface area contributed by atoms with Gasteiger partial charge in [0.05, 0.1) is 5.69 Å². The van der Waals surface area contributed by atoms with E-state index >= 15 is 0 Å². The molecule has 1 aromatic heterocycles. The first-order valence-electron chi connectivity index (χ1n) is 6.88. The number of hydrogen-bond donors (Lipinski definition) is 0. The smallest absolute Gasteiger partial charge is 0.267 e. The Balaban J connectivity index is 2.55. The van der Waals surface area contributed by atoms with Crippen LogP contribution in [-0.2, 0) is 9.59 Å². The first-order chi connectivity index (χ1) is 10.8. The Morgan fingerprint density at radius 1 is 1.13 bits per heavy atom. The normalized spacial score (nSPS) is 11.8. The van der Waals surface area contributed by atoms with Gasteiger partial charge in [-0.15, -0.1) is 0 Å². The van der Waals surface area contributed by atoms with E-state index in [0.29, 0.717) is 10.7 Å². The zero-order valence-electron chi connectivity index (χ0n) is 13.0. The van der Waals surface area contributed by atoms with Crippen LogP contribution >= 0.6 is 11.6 Å². The SMILES string of the molecule is CC(=O)[C@@H](C(=O)N(C)C)n1nc(-c2ccc(Cl)cc2)ccc1=O. The molecule has 1 aromatic carbocycles. The summed E-state index contributed by atoms with van der Waals surface area (Å²) in [6.45, 7) is 1.26. The van der Waals surface area contributed by atoms with E-state index in [1.165, 1.54) is 32.0 Å². The van der Waals surface area contributed by atoms with Gasteiger partial charge in [-0.1, -0.05) is 23.7 Å². The van der Waals surface area contributed by atoms with Crippen molar-refractivity contribution < 1.29 is 9.59 Å². The van der Waals surface area contributed by atoms with Gasteiger partial charge in [-0.05, 0) is 25.1 Å². The van der Waals surface area contributed by atoms with Gasteiger partial charge in [0.2, 0.25) is 0 Å².